The molecule has 0 spiro atoms. The van der Waals surface area contributed by atoms with Crippen LogP contribution >= 0.6 is 0 Å². The average molecular weight is 241 g/mol. The molecule has 2 aromatic carbocycles. The normalized spacial score (nSPS) is 12.4. The molecule has 0 bridgehead atoms. The van der Waals surface area contributed by atoms with E-state index >= 15 is 0 Å². The highest BCUT2D eigenvalue weighted by atomic mass is 16.3. The van der Waals surface area contributed by atoms with Gasteiger partial charge in [-0.25, -0.2) is 0 Å². The van der Waals surface area contributed by atoms with Crippen molar-refractivity contribution in [2.24, 2.45) is 5.73 Å². The van der Waals surface area contributed by atoms with E-state index in [0.29, 0.717) is 6.54 Å². The van der Waals surface area contributed by atoms with Gasteiger partial charge in [-0.1, -0.05) is 48.0 Å². The van der Waals surface area contributed by atoms with Crippen molar-refractivity contribution in [3.8, 4) is 0 Å². The van der Waals surface area contributed by atoms with Crippen LogP contribution in [0.25, 0.3) is 0 Å². The lowest BCUT2D eigenvalue weighted by atomic mass is 9.95. The molecule has 2 nitrogen and oxygen atoms in total. The van der Waals surface area contributed by atoms with Crippen molar-refractivity contribution in [2.45, 2.75) is 26.5 Å². The first-order valence-corrected chi connectivity index (χ1v) is 6.16. The molecule has 0 saturated carbocycles. The van der Waals surface area contributed by atoms with E-state index < -0.39 is 6.10 Å². The number of benzene rings is 2. The number of rotatable bonds is 3. The fraction of sp³-hybridized carbons (Fsp3) is 0.250. The molecule has 0 amide bonds. The second kappa shape index (κ2) is 5.34. The number of hydrogen-bond acceptors (Lipinski definition) is 2. The molecule has 18 heavy (non-hydrogen) atoms. The SMILES string of the molecule is Cc1ccc(C(O)c2ccc(CN)cc2)c(C)c1. The zero-order valence-electron chi connectivity index (χ0n) is 10.9. The molecule has 2 aromatic rings. The zero-order valence-corrected chi connectivity index (χ0v) is 10.9. The highest BCUT2D eigenvalue weighted by Gasteiger charge is 2.12. The van der Waals surface area contributed by atoms with Gasteiger partial charge in [0.25, 0.3) is 0 Å². The summed E-state index contributed by atoms with van der Waals surface area (Å²) in [6, 6.07) is 13.9. The number of aryl methyl sites for hydroxylation is 2. The molecule has 0 aliphatic carbocycles. The van der Waals surface area contributed by atoms with Crippen LogP contribution in [0, 0.1) is 13.8 Å². The van der Waals surface area contributed by atoms with Crippen LogP contribution in [0.4, 0.5) is 0 Å². The molecule has 0 aromatic heterocycles. The minimum absolute atomic E-state index is 0.528. The Morgan fingerprint density at radius 1 is 1.06 bits per heavy atom. The van der Waals surface area contributed by atoms with E-state index in [-0.39, 0.29) is 0 Å². The Kier molecular flexibility index (Phi) is 3.80. The van der Waals surface area contributed by atoms with Gasteiger partial charge < -0.3 is 10.8 Å². The Bertz CT molecular complexity index is 531. The lowest BCUT2D eigenvalue weighted by Gasteiger charge is -2.15. The summed E-state index contributed by atoms with van der Waals surface area (Å²) in [6.07, 6.45) is -0.572. The maximum absolute atomic E-state index is 10.4. The van der Waals surface area contributed by atoms with E-state index in [2.05, 4.69) is 13.0 Å². The van der Waals surface area contributed by atoms with Crippen molar-refractivity contribution < 1.29 is 5.11 Å². The van der Waals surface area contributed by atoms with Crippen molar-refractivity contribution in [2.75, 3.05) is 0 Å². The van der Waals surface area contributed by atoms with Crippen LogP contribution < -0.4 is 5.73 Å². The van der Waals surface area contributed by atoms with Gasteiger partial charge in [-0.05, 0) is 36.1 Å². The molecular formula is C16H19NO. The summed E-state index contributed by atoms with van der Waals surface area (Å²) in [4.78, 5) is 0. The zero-order chi connectivity index (χ0) is 13.1. The third kappa shape index (κ3) is 2.61. The van der Waals surface area contributed by atoms with Gasteiger partial charge in [0.05, 0.1) is 0 Å². The van der Waals surface area contributed by atoms with Crippen molar-refractivity contribution in [3.63, 3.8) is 0 Å². The van der Waals surface area contributed by atoms with Crippen molar-refractivity contribution in [3.05, 3.63) is 70.3 Å². The van der Waals surface area contributed by atoms with Crippen LogP contribution in [0.15, 0.2) is 42.5 Å². The van der Waals surface area contributed by atoms with Gasteiger partial charge in [-0.2, -0.15) is 0 Å². The largest absolute Gasteiger partial charge is 0.384 e. The molecule has 1 unspecified atom stereocenters. The molecule has 0 heterocycles. The predicted octanol–water partition coefficient (Wildman–Crippen LogP) is 2.84. The fourth-order valence-electron chi connectivity index (χ4n) is 2.15. The predicted molar refractivity (Wildman–Crippen MR) is 74.3 cm³/mol. The van der Waals surface area contributed by atoms with Crippen molar-refractivity contribution in [1.29, 1.82) is 0 Å². The van der Waals surface area contributed by atoms with E-state index in [1.807, 2.05) is 43.3 Å². The number of aliphatic hydroxyl groups is 1. The van der Waals surface area contributed by atoms with Gasteiger partial charge in [0.2, 0.25) is 0 Å². The summed E-state index contributed by atoms with van der Waals surface area (Å²) in [5, 5.41) is 10.4. The molecule has 0 aliphatic rings. The van der Waals surface area contributed by atoms with Crippen LogP contribution in [0.5, 0.6) is 0 Å². The van der Waals surface area contributed by atoms with Crippen molar-refractivity contribution >= 4 is 0 Å². The first-order chi connectivity index (χ1) is 8.61. The van der Waals surface area contributed by atoms with Crippen LogP contribution in [0.1, 0.15) is 33.9 Å². The Morgan fingerprint density at radius 3 is 2.28 bits per heavy atom. The summed E-state index contributed by atoms with van der Waals surface area (Å²) in [7, 11) is 0. The summed E-state index contributed by atoms with van der Waals surface area (Å²) < 4.78 is 0. The molecule has 3 N–H and O–H groups in total. The lowest BCUT2D eigenvalue weighted by molar-refractivity contribution is 0.219. The third-order valence-corrected chi connectivity index (χ3v) is 3.25. The maximum Gasteiger partial charge on any atom is 0.104 e. The first kappa shape index (κ1) is 12.8. The van der Waals surface area contributed by atoms with Gasteiger partial charge in [0, 0.05) is 6.54 Å². The van der Waals surface area contributed by atoms with E-state index in [1.54, 1.807) is 0 Å². The van der Waals surface area contributed by atoms with Gasteiger partial charge in [-0.15, -0.1) is 0 Å². The molecule has 0 saturated heterocycles. The van der Waals surface area contributed by atoms with Gasteiger partial charge in [0.1, 0.15) is 6.10 Å². The van der Waals surface area contributed by atoms with E-state index in [4.69, 9.17) is 5.73 Å². The monoisotopic (exact) mass is 241 g/mol. The second-order valence-electron chi connectivity index (χ2n) is 4.71. The molecule has 0 radical (unpaired) electrons. The Labute approximate surface area is 108 Å². The van der Waals surface area contributed by atoms with Crippen LogP contribution in [0.3, 0.4) is 0 Å². The van der Waals surface area contributed by atoms with Gasteiger partial charge in [-0.3, -0.25) is 0 Å². The van der Waals surface area contributed by atoms with Gasteiger partial charge >= 0.3 is 0 Å². The minimum atomic E-state index is -0.572. The highest BCUT2D eigenvalue weighted by Crippen LogP contribution is 2.25. The summed E-state index contributed by atoms with van der Waals surface area (Å²) in [5.41, 5.74) is 10.8. The highest BCUT2D eigenvalue weighted by molar-refractivity contribution is 5.38. The molecule has 2 rings (SSSR count). The second-order valence-corrected chi connectivity index (χ2v) is 4.71. The number of aliphatic hydroxyl groups excluding tert-OH is 1. The smallest absolute Gasteiger partial charge is 0.104 e. The fourth-order valence-corrected chi connectivity index (χ4v) is 2.15. The third-order valence-electron chi connectivity index (χ3n) is 3.25. The Hall–Kier alpha value is -1.64. The van der Waals surface area contributed by atoms with E-state index in [1.165, 1.54) is 5.56 Å². The summed E-state index contributed by atoms with van der Waals surface area (Å²) in [5.74, 6) is 0. The topological polar surface area (TPSA) is 46.2 Å². The molecule has 2 heteroatoms. The quantitative estimate of drug-likeness (QED) is 0.868. The van der Waals surface area contributed by atoms with Crippen LogP contribution in [0.2, 0.25) is 0 Å². The maximum atomic E-state index is 10.4. The molecule has 94 valence electrons. The average Bonchev–Trinajstić information content (AvgIpc) is 2.38. The van der Waals surface area contributed by atoms with Crippen molar-refractivity contribution in [1.82, 2.24) is 0 Å². The van der Waals surface area contributed by atoms with Crippen LogP contribution in [-0.4, -0.2) is 5.11 Å². The summed E-state index contributed by atoms with van der Waals surface area (Å²) in [6.45, 7) is 4.61. The molecule has 1 atom stereocenters. The van der Waals surface area contributed by atoms with Gasteiger partial charge in [0.15, 0.2) is 0 Å². The minimum Gasteiger partial charge on any atom is -0.384 e. The van der Waals surface area contributed by atoms with Crippen LogP contribution in [-0.2, 0) is 6.54 Å². The number of hydrogen-bond donors (Lipinski definition) is 2. The molecular weight excluding hydrogens is 222 g/mol. The van der Waals surface area contributed by atoms with E-state index in [9.17, 15) is 5.11 Å². The first-order valence-electron chi connectivity index (χ1n) is 6.16. The lowest BCUT2D eigenvalue weighted by Crippen LogP contribution is -2.03. The molecule has 0 aliphatic heterocycles. The van der Waals surface area contributed by atoms with E-state index in [0.717, 1.165) is 22.3 Å². The Balaban J connectivity index is 2.31. The standard InChI is InChI=1S/C16H19NO/c1-11-3-8-15(12(2)9-11)16(18)14-6-4-13(10-17)5-7-14/h3-9,16,18H,10,17H2,1-2H3. The summed E-state index contributed by atoms with van der Waals surface area (Å²) >= 11 is 0. The molecule has 0 fully saturated rings. The Morgan fingerprint density at radius 2 is 1.72 bits per heavy atom. The number of nitrogens with two attached hydrogens (primary N) is 1.